The minimum absolute atomic E-state index is 0.0134. The number of nitrogens with one attached hydrogen (secondary N) is 2. The molecule has 1 saturated carbocycles. The Hall–Kier alpha value is -3.22. The van der Waals surface area contributed by atoms with E-state index in [0.29, 0.717) is 18.7 Å². The number of carbonyl (C=O) groups excluding carboxylic acids is 2. The number of allylic oxidation sites excluding steroid dienone is 2. The quantitative estimate of drug-likeness (QED) is 0.558. The number of rotatable bonds is 10. The summed E-state index contributed by atoms with van der Waals surface area (Å²) in [5, 5.41) is 6.04. The molecular formula is C26H33FN4O2. The van der Waals surface area contributed by atoms with Gasteiger partial charge in [0.2, 0.25) is 11.8 Å². The van der Waals surface area contributed by atoms with Gasteiger partial charge in [-0.05, 0) is 63.3 Å². The molecule has 33 heavy (non-hydrogen) atoms. The first-order valence-corrected chi connectivity index (χ1v) is 11.4. The van der Waals surface area contributed by atoms with E-state index < -0.39 is 11.6 Å². The fourth-order valence-corrected chi connectivity index (χ4v) is 3.81. The summed E-state index contributed by atoms with van der Waals surface area (Å²) in [5.74, 6) is -0.0972. The van der Waals surface area contributed by atoms with Crippen molar-refractivity contribution in [2.45, 2.75) is 64.5 Å². The summed E-state index contributed by atoms with van der Waals surface area (Å²) in [6.45, 7) is 9.84. The molecule has 2 amide bonds. The zero-order valence-electron chi connectivity index (χ0n) is 19.6. The average Bonchev–Trinajstić information content (AvgIpc) is 3.60. The van der Waals surface area contributed by atoms with E-state index in [1.807, 2.05) is 44.0 Å². The molecule has 0 bridgehead atoms. The van der Waals surface area contributed by atoms with Crippen LogP contribution in [0.2, 0.25) is 0 Å². The normalized spacial score (nSPS) is 17.2. The van der Waals surface area contributed by atoms with Crippen molar-refractivity contribution in [2.75, 3.05) is 0 Å². The molecule has 1 aliphatic carbocycles. The molecule has 0 radical (unpaired) electrons. The van der Waals surface area contributed by atoms with Crippen molar-refractivity contribution < 1.29 is 14.0 Å². The topological polar surface area (TPSA) is 73.8 Å². The third-order valence-corrected chi connectivity index (χ3v) is 5.59. The summed E-state index contributed by atoms with van der Waals surface area (Å²) in [7, 11) is 0. The van der Waals surface area contributed by atoms with Gasteiger partial charge in [-0.1, -0.05) is 31.7 Å². The summed E-state index contributed by atoms with van der Waals surface area (Å²) >= 11 is 0. The van der Waals surface area contributed by atoms with Gasteiger partial charge in [-0.25, -0.2) is 9.38 Å². The van der Waals surface area contributed by atoms with Crippen LogP contribution in [0.15, 0.2) is 65.7 Å². The Morgan fingerprint density at radius 1 is 1.30 bits per heavy atom. The first kappa shape index (κ1) is 24.4. The summed E-state index contributed by atoms with van der Waals surface area (Å²) in [5.41, 5.74) is 1.17. The largest absolute Gasteiger partial charge is 0.349 e. The minimum Gasteiger partial charge on any atom is -0.349 e. The lowest BCUT2D eigenvalue weighted by atomic mass is 9.94. The number of halogens is 1. The molecule has 0 spiro atoms. The van der Waals surface area contributed by atoms with E-state index in [-0.39, 0.29) is 23.5 Å². The van der Waals surface area contributed by atoms with Crippen molar-refractivity contribution in [3.05, 3.63) is 72.1 Å². The minimum atomic E-state index is -0.740. The van der Waals surface area contributed by atoms with E-state index in [4.69, 9.17) is 0 Å². The Morgan fingerprint density at radius 3 is 2.61 bits per heavy atom. The van der Waals surface area contributed by atoms with Gasteiger partial charge in [-0.15, -0.1) is 0 Å². The third-order valence-electron chi connectivity index (χ3n) is 5.59. The predicted octanol–water partition coefficient (Wildman–Crippen LogP) is 4.21. The Morgan fingerprint density at radius 2 is 2.00 bits per heavy atom. The molecule has 1 fully saturated rings. The first-order valence-electron chi connectivity index (χ1n) is 11.4. The molecule has 0 saturated heterocycles. The fourth-order valence-electron chi connectivity index (χ4n) is 3.81. The van der Waals surface area contributed by atoms with Crippen molar-refractivity contribution in [3.8, 4) is 0 Å². The molecule has 1 aliphatic heterocycles. The molecule has 176 valence electrons. The number of hydrogen-bond acceptors (Lipinski definition) is 4. The van der Waals surface area contributed by atoms with Crippen LogP contribution in [0, 0.1) is 11.7 Å². The molecule has 1 heterocycles. The Kier molecular flexibility index (Phi) is 7.84. The summed E-state index contributed by atoms with van der Waals surface area (Å²) < 4.78 is 13.3. The number of amides is 2. The maximum atomic E-state index is 13.4. The molecule has 6 nitrogen and oxygen atoms in total. The molecule has 3 rings (SSSR count). The van der Waals surface area contributed by atoms with E-state index in [1.165, 1.54) is 12.1 Å². The van der Waals surface area contributed by atoms with E-state index in [9.17, 15) is 14.0 Å². The van der Waals surface area contributed by atoms with E-state index >= 15 is 0 Å². The van der Waals surface area contributed by atoms with Gasteiger partial charge < -0.3 is 15.5 Å². The SMILES string of the molecule is C=C1N=CC=CN1/C(=C\CC)CC(NC(=O)C1CC1)C(=O)NC(C)(C)Cc1ccc(F)cc1. The highest BCUT2D eigenvalue weighted by Gasteiger charge is 2.34. The molecular weight excluding hydrogens is 419 g/mol. The van der Waals surface area contributed by atoms with Crippen LogP contribution in [0.4, 0.5) is 4.39 Å². The van der Waals surface area contributed by atoms with Crippen molar-refractivity contribution >= 4 is 18.0 Å². The number of benzene rings is 1. The molecule has 2 aliphatic rings. The van der Waals surface area contributed by atoms with E-state index in [2.05, 4.69) is 22.2 Å². The van der Waals surface area contributed by atoms with Crippen LogP contribution in [0.5, 0.6) is 0 Å². The van der Waals surface area contributed by atoms with Gasteiger partial charge in [-0.2, -0.15) is 0 Å². The molecule has 1 unspecified atom stereocenters. The molecule has 1 aromatic carbocycles. The number of carbonyl (C=O) groups is 2. The van der Waals surface area contributed by atoms with Gasteiger partial charge in [-0.3, -0.25) is 9.59 Å². The van der Waals surface area contributed by atoms with Crippen LogP contribution in [0.1, 0.15) is 52.0 Å². The van der Waals surface area contributed by atoms with Gasteiger partial charge in [0, 0.05) is 36.0 Å². The summed E-state index contributed by atoms with van der Waals surface area (Å²) in [4.78, 5) is 32.0. The standard InChI is InChI=1S/C26H33FN4O2/c1-5-7-22(31-15-6-14-28-18(31)2)16-23(29-24(32)20-10-11-20)25(33)30-26(3,4)17-19-8-12-21(27)13-9-19/h6-9,12-15,20,23H,2,5,10-11,16-17H2,1,3-4H3,(H,29,32)(H,30,33)/b22-7-. The molecule has 0 aromatic heterocycles. The van der Waals surface area contributed by atoms with Crippen molar-refractivity contribution in [1.82, 2.24) is 15.5 Å². The van der Waals surface area contributed by atoms with Crippen molar-refractivity contribution in [2.24, 2.45) is 10.9 Å². The van der Waals surface area contributed by atoms with Gasteiger partial charge in [0.25, 0.3) is 0 Å². The zero-order chi connectivity index (χ0) is 24.0. The van der Waals surface area contributed by atoms with Crippen molar-refractivity contribution in [1.29, 1.82) is 0 Å². The van der Waals surface area contributed by atoms with Gasteiger partial charge >= 0.3 is 0 Å². The number of nitrogens with zero attached hydrogens (tertiary/aromatic N) is 2. The molecule has 1 aromatic rings. The van der Waals surface area contributed by atoms with Crippen LogP contribution < -0.4 is 10.6 Å². The van der Waals surface area contributed by atoms with Gasteiger partial charge in [0.05, 0.1) is 0 Å². The lowest BCUT2D eigenvalue weighted by Gasteiger charge is -2.31. The first-order chi connectivity index (χ1) is 15.7. The molecule has 1 atom stereocenters. The zero-order valence-corrected chi connectivity index (χ0v) is 19.6. The second-order valence-electron chi connectivity index (χ2n) is 9.23. The number of hydrogen-bond donors (Lipinski definition) is 2. The summed E-state index contributed by atoms with van der Waals surface area (Å²) in [6.07, 6.45) is 10.7. The maximum absolute atomic E-state index is 13.4. The molecule has 2 N–H and O–H groups in total. The Labute approximate surface area is 195 Å². The van der Waals surface area contributed by atoms with E-state index in [1.54, 1.807) is 18.3 Å². The summed E-state index contributed by atoms with van der Waals surface area (Å²) in [6, 6.07) is 5.51. The highest BCUT2D eigenvalue weighted by molar-refractivity contribution is 5.90. The highest BCUT2D eigenvalue weighted by atomic mass is 19.1. The maximum Gasteiger partial charge on any atom is 0.243 e. The predicted molar refractivity (Wildman–Crippen MR) is 129 cm³/mol. The van der Waals surface area contributed by atoms with Gasteiger partial charge in [0.1, 0.15) is 17.7 Å². The second-order valence-corrected chi connectivity index (χ2v) is 9.23. The van der Waals surface area contributed by atoms with Crippen molar-refractivity contribution in [3.63, 3.8) is 0 Å². The Bertz CT molecular complexity index is 975. The smallest absolute Gasteiger partial charge is 0.243 e. The molecule has 7 heteroatoms. The van der Waals surface area contributed by atoms with E-state index in [0.717, 1.165) is 30.5 Å². The van der Waals surface area contributed by atoms with Crippen LogP contribution in [0.25, 0.3) is 0 Å². The fraction of sp³-hybridized carbons (Fsp3) is 0.423. The van der Waals surface area contributed by atoms with Crippen LogP contribution in [-0.2, 0) is 16.0 Å². The lowest BCUT2D eigenvalue weighted by Crippen LogP contribution is -2.54. The third kappa shape index (κ3) is 7.14. The monoisotopic (exact) mass is 452 g/mol. The van der Waals surface area contributed by atoms with Gasteiger partial charge in [0.15, 0.2) is 0 Å². The highest BCUT2D eigenvalue weighted by Crippen LogP contribution is 2.29. The lowest BCUT2D eigenvalue weighted by molar-refractivity contribution is -0.130. The Balaban J connectivity index is 1.75. The van der Waals surface area contributed by atoms with Crippen LogP contribution in [0.3, 0.4) is 0 Å². The van der Waals surface area contributed by atoms with Crippen LogP contribution in [-0.4, -0.2) is 34.5 Å². The average molecular weight is 453 g/mol. The second kappa shape index (κ2) is 10.6. The van der Waals surface area contributed by atoms with Crippen LogP contribution >= 0.6 is 0 Å². The number of aliphatic imine (C=N–C) groups is 1.